The third kappa shape index (κ3) is 3.88. The lowest BCUT2D eigenvalue weighted by atomic mass is 9.86. The lowest BCUT2D eigenvalue weighted by Gasteiger charge is -2.43. The molecule has 0 aliphatic carbocycles. The van der Waals surface area contributed by atoms with Crippen LogP contribution in [0.4, 0.5) is 0 Å². The van der Waals surface area contributed by atoms with Crippen molar-refractivity contribution in [2.75, 3.05) is 18.1 Å². The van der Waals surface area contributed by atoms with E-state index in [4.69, 9.17) is 0 Å². The first-order valence-corrected chi connectivity index (χ1v) is 9.46. The molecular formula is C15H25N3O3S. The zero-order valence-electron chi connectivity index (χ0n) is 13.7. The monoisotopic (exact) mass is 327 g/mol. The summed E-state index contributed by atoms with van der Waals surface area (Å²) in [5.74, 6) is 0.0844. The number of hydrogen-bond donors (Lipinski definition) is 0. The number of carbonyl (C=O) groups excluding carboxylic acids is 1. The van der Waals surface area contributed by atoms with Gasteiger partial charge in [0, 0.05) is 19.3 Å². The van der Waals surface area contributed by atoms with E-state index in [2.05, 4.69) is 5.10 Å². The number of rotatable bonds is 3. The van der Waals surface area contributed by atoms with Gasteiger partial charge in [-0.05, 0) is 17.9 Å². The average molecular weight is 327 g/mol. The van der Waals surface area contributed by atoms with E-state index in [0.29, 0.717) is 0 Å². The molecule has 1 fully saturated rings. The molecule has 1 unspecified atom stereocenters. The summed E-state index contributed by atoms with van der Waals surface area (Å²) in [5, 5.41) is 4.17. The van der Waals surface area contributed by atoms with E-state index >= 15 is 0 Å². The van der Waals surface area contributed by atoms with E-state index in [1.165, 1.54) is 0 Å². The fraction of sp³-hybridized carbons (Fsp3) is 0.733. The molecule has 2 rings (SSSR count). The molecule has 0 spiro atoms. The Morgan fingerprint density at radius 1 is 1.41 bits per heavy atom. The lowest BCUT2D eigenvalue weighted by molar-refractivity contribution is -0.134. The third-order valence-electron chi connectivity index (χ3n) is 4.12. The maximum Gasteiger partial charge on any atom is 0.227 e. The van der Waals surface area contributed by atoms with E-state index in [9.17, 15) is 13.2 Å². The minimum atomic E-state index is -3.06. The van der Waals surface area contributed by atoms with Crippen molar-refractivity contribution >= 4 is 15.7 Å². The van der Waals surface area contributed by atoms with Crippen LogP contribution in [-0.2, 0) is 27.6 Å². The zero-order chi connectivity index (χ0) is 16.5. The normalized spacial score (nSPS) is 21.8. The molecule has 22 heavy (non-hydrogen) atoms. The van der Waals surface area contributed by atoms with Gasteiger partial charge in [0.05, 0.1) is 30.2 Å². The van der Waals surface area contributed by atoms with E-state index in [-0.39, 0.29) is 41.8 Å². The minimum Gasteiger partial charge on any atom is -0.337 e. The van der Waals surface area contributed by atoms with Crippen molar-refractivity contribution in [2.45, 2.75) is 46.7 Å². The summed E-state index contributed by atoms with van der Waals surface area (Å²) in [5.41, 5.74) is 0.601. The maximum atomic E-state index is 12.6. The number of sulfone groups is 1. The van der Waals surface area contributed by atoms with Gasteiger partial charge in [-0.25, -0.2) is 8.42 Å². The average Bonchev–Trinajstić information content (AvgIpc) is 2.84. The Hall–Kier alpha value is -1.37. The Bertz CT molecular complexity index is 643. The summed E-state index contributed by atoms with van der Waals surface area (Å²) in [6, 6.07) is -0.278. The molecule has 1 amide bonds. The molecule has 6 nitrogen and oxygen atoms in total. The molecular weight excluding hydrogens is 302 g/mol. The Kier molecular flexibility index (Phi) is 4.65. The lowest BCUT2D eigenvalue weighted by Crippen LogP contribution is -2.56. The molecule has 1 aliphatic rings. The molecule has 1 aromatic rings. The van der Waals surface area contributed by atoms with Gasteiger partial charge in [0.2, 0.25) is 5.91 Å². The van der Waals surface area contributed by atoms with Crippen LogP contribution < -0.4 is 0 Å². The van der Waals surface area contributed by atoms with Crippen molar-refractivity contribution in [1.82, 2.24) is 14.7 Å². The van der Waals surface area contributed by atoms with Gasteiger partial charge < -0.3 is 4.90 Å². The summed E-state index contributed by atoms with van der Waals surface area (Å²) in [6.45, 7) is 8.98. The predicted molar refractivity (Wildman–Crippen MR) is 85.2 cm³/mol. The van der Waals surface area contributed by atoms with Gasteiger partial charge in [0.15, 0.2) is 9.84 Å². The summed E-state index contributed by atoms with van der Waals surface area (Å²) in [7, 11) is -3.06. The number of aromatic nitrogens is 2. The van der Waals surface area contributed by atoms with Crippen LogP contribution in [0.1, 0.15) is 33.3 Å². The SMILES string of the molecule is CCn1cc(CC(=O)N2CCS(=O)(=O)CC2C(C)(C)C)cn1. The van der Waals surface area contributed by atoms with Gasteiger partial charge in [0.1, 0.15) is 0 Å². The Labute approximate surface area is 132 Å². The summed E-state index contributed by atoms with van der Waals surface area (Å²) >= 11 is 0. The molecule has 0 radical (unpaired) electrons. The molecule has 7 heteroatoms. The number of carbonyl (C=O) groups is 1. The van der Waals surface area contributed by atoms with Crippen molar-refractivity contribution in [3.05, 3.63) is 18.0 Å². The Balaban J connectivity index is 2.16. The van der Waals surface area contributed by atoms with Crippen LogP contribution in [0, 0.1) is 5.41 Å². The van der Waals surface area contributed by atoms with Gasteiger partial charge in [-0.3, -0.25) is 9.48 Å². The van der Waals surface area contributed by atoms with Gasteiger partial charge in [-0.1, -0.05) is 20.8 Å². The van der Waals surface area contributed by atoms with E-state index in [1.807, 2.05) is 33.9 Å². The molecule has 1 saturated heterocycles. The highest BCUT2D eigenvalue weighted by Gasteiger charge is 2.40. The van der Waals surface area contributed by atoms with Crippen LogP contribution in [0.3, 0.4) is 0 Å². The van der Waals surface area contributed by atoms with Crippen molar-refractivity contribution in [3.8, 4) is 0 Å². The Morgan fingerprint density at radius 2 is 2.09 bits per heavy atom. The number of aryl methyl sites for hydroxylation is 1. The van der Waals surface area contributed by atoms with Crippen molar-refractivity contribution < 1.29 is 13.2 Å². The van der Waals surface area contributed by atoms with Crippen LogP contribution in [0.15, 0.2) is 12.4 Å². The van der Waals surface area contributed by atoms with Crippen LogP contribution in [0.25, 0.3) is 0 Å². The zero-order valence-corrected chi connectivity index (χ0v) is 14.6. The van der Waals surface area contributed by atoms with Crippen molar-refractivity contribution in [1.29, 1.82) is 0 Å². The first kappa shape index (κ1) is 17.0. The molecule has 0 saturated carbocycles. The van der Waals surface area contributed by atoms with Gasteiger partial charge in [0.25, 0.3) is 0 Å². The highest BCUT2D eigenvalue weighted by molar-refractivity contribution is 7.91. The maximum absolute atomic E-state index is 12.6. The topological polar surface area (TPSA) is 72.3 Å². The molecule has 124 valence electrons. The third-order valence-corrected chi connectivity index (χ3v) is 5.75. The summed E-state index contributed by atoms with van der Waals surface area (Å²) in [6.07, 6.45) is 3.84. The number of hydrogen-bond acceptors (Lipinski definition) is 4. The van der Waals surface area contributed by atoms with Gasteiger partial charge in [-0.15, -0.1) is 0 Å². The molecule has 0 aromatic carbocycles. The molecule has 1 aromatic heterocycles. The van der Waals surface area contributed by atoms with E-state index < -0.39 is 9.84 Å². The second kappa shape index (κ2) is 6.02. The minimum absolute atomic E-state index is 0.0227. The predicted octanol–water partition coefficient (Wildman–Crippen LogP) is 1.12. The largest absolute Gasteiger partial charge is 0.337 e. The molecule has 0 bridgehead atoms. The van der Waals surface area contributed by atoms with Crippen molar-refractivity contribution in [3.63, 3.8) is 0 Å². The first-order chi connectivity index (χ1) is 10.1. The molecule has 2 heterocycles. The van der Waals surface area contributed by atoms with E-state index in [0.717, 1.165) is 12.1 Å². The number of nitrogens with zero attached hydrogens (tertiary/aromatic N) is 3. The fourth-order valence-electron chi connectivity index (χ4n) is 2.77. The standard InChI is InChI=1S/C15H25N3O3S/c1-5-17-10-12(9-16-17)8-14(19)18-6-7-22(20,21)11-13(18)15(2,3)4/h9-10,13H,5-8,11H2,1-4H3. The van der Waals surface area contributed by atoms with Crippen molar-refractivity contribution in [2.24, 2.45) is 5.41 Å². The van der Waals surface area contributed by atoms with Crippen LogP contribution in [0.2, 0.25) is 0 Å². The van der Waals surface area contributed by atoms with Gasteiger partial charge >= 0.3 is 0 Å². The number of amides is 1. The highest BCUT2D eigenvalue weighted by Crippen LogP contribution is 2.29. The summed E-state index contributed by atoms with van der Waals surface area (Å²) < 4.78 is 25.6. The van der Waals surface area contributed by atoms with E-state index in [1.54, 1.807) is 15.8 Å². The second-order valence-electron chi connectivity index (χ2n) is 6.96. The Morgan fingerprint density at radius 3 is 2.64 bits per heavy atom. The molecule has 1 atom stereocenters. The quantitative estimate of drug-likeness (QED) is 0.834. The fourth-order valence-corrected chi connectivity index (χ4v) is 4.57. The van der Waals surface area contributed by atoms with Crippen LogP contribution in [-0.4, -0.2) is 53.1 Å². The smallest absolute Gasteiger partial charge is 0.227 e. The molecule has 0 N–H and O–H groups in total. The first-order valence-electron chi connectivity index (χ1n) is 7.63. The molecule has 1 aliphatic heterocycles. The van der Waals surface area contributed by atoms with Crippen LogP contribution in [0.5, 0.6) is 0 Å². The summed E-state index contributed by atoms with van der Waals surface area (Å²) in [4.78, 5) is 14.4. The van der Waals surface area contributed by atoms with Crippen LogP contribution >= 0.6 is 0 Å². The van der Waals surface area contributed by atoms with Gasteiger partial charge in [-0.2, -0.15) is 5.10 Å². The highest BCUT2D eigenvalue weighted by atomic mass is 32.2. The second-order valence-corrected chi connectivity index (χ2v) is 9.19.